The molecule has 140 valence electrons. The predicted molar refractivity (Wildman–Crippen MR) is 101 cm³/mol. The van der Waals surface area contributed by atoms with Crippen molar-refractivity contribution < 1.29 is 19.2 Å². The molecule has 0 aliphatic carbocycles. The number of carbonyl (C=O) groups excluding carboxylic acids is 2. The summed E-state index contributed by atoms with van der Waals surface area (Å²) < 4.78 is 5.04. The Hall–Kier alpha value is -3.53. The molecule has 0 fully saturated rings. The van der Waals surface area contributed by atoms with Crippen LogP contribution in [0.25, 0.3) is 0 Å². The minimum Gasteiger partial charge on any atom is -0.497 e. The number of amides is 2. The molecule has 0 saturated heterocycles. The van der Waals surface area contributed by atoms with E-state index in [2.05, 4.69) is 16.2 Å². The number of rotatable bonds is 5. The van der Waals surface area contributed by atoms with E-state index >= 15 is 0 Å². The van der Waals surface area contributed by atoms with Crippen molar-refractivity contribution in [1.82, 2.24) is 16.2 Å². The first-order valence-corrected chi connectivity index (χ1v) is 8.07. The monoisotopic (exact) mass is 388 g/mol. The minimum absolute atomic E-state index is 0.0675. The summed E-state index contributed by atoms with van der Waals surface area (Å²) in [5, 5.41) is 12.9. The zero-order chi connectivity index (χ0) is 19.8. The van der Waals surface area contributed by atoms with Crippen LogP contribution in [-0.4, -0.2) is 29.0 Å². The van der Waals surface area contributed by atoms with Crippen LogP contribution in [0.2, 0.25) is 0 Å². The van der Waals surface area contributed by atoms with Gasteiger partial charge >= 0.3 is 0 Å². The van der Waals surface area contributed by atoms with Crippen molar-refractivity contribution in [2.24, 2.45) is 0 Å². The molecular weight excluding hydrogens is 372 g/mol. The molecule has 27 heavy (non-hydrogen) atoms. The molecule has 2 aromatic carbocycles. The summed E-state index contributed by atoms with van der Waals surface area (Å²) in [5.41, 5.74) is 5.39. The summed E-state index contributed by atoms with van der Waals surface area (Å²) in [5.74, 6) is -0.324. The fraction of sp³-hybridized carbons (Fsp3) is 0.118. The number of nitro groups is 1. The Balaban J connectivity index is 1.82. The first-order valence-electron chi connectivity index (χ1n) is 7.66. The van der Waals surface area contributed by atoms with Crippen LogP contribution in [0, 0.1) is 10.1 Å². The van der Waals surface area contributed by atoms with Gasteiger partial charge in [0.2, 0.25) is 5.91 Å². The van der Waals surface area contributed by atoms with Gasteiger partial charge in [-0.25, -0.2) is 0 Å². The molecule has 10 heteroatoms. The second-order valence-corrected chi connectivity index (χ2v) is 5.70. The van der Waals surface area contributed by atoms with E-state index in [1.807, 2.05) is 0 Å². The van der Waals surface area contributed by atoms with E-state index in [9.17, 15) is 19.7 Å². The molecule has 0 spiro atoms. The van der Waals surface area contributed by atoms with Crippen molar-refractivity contribution >= 4 is 34.8 Å². The Morgan fingerprint density at radius 2 is 1.85 bits per heavy atom. The van der Waals surface area contributed by atoms with E-state index in [0.717, 1.165) is 11.6 Å². The van der Waals surface area contributed by atoms with E-state index in [0.29, 0.717) is 5.75 Å². The van der Waals surface area contributed by atoms with Crippen molar-refractivity contribution in [2.75, 3.05) is 7.11 Å². The van der Waals surface area contributed by atoms with Crippen molar-refractivity contribution in [1.29, 1.82) is 0 Å². The maximum atomic E-state index is 12.0. The van der Waals surface area contributed by atoms with Gasteiger partial charge in [-0.2, -0.15) is 0 Å². The summed E-state index contributed by atoms with van der Waals surface area (Å²) in [6.45, 7) is 0. The number of nitrogens with zero attached hydrogens (tertiary/aromatic N) is 1. The lowest BCUT2D eigenvalue weighted by Crippen LogP contribution is -2.48. The number of carbonyl (C=O) groups is 2. The summed E-state index contributed by atoms with van der Waals surface area (Å²) in [6.07, 6.45) is 0.0957. The van der Waals surface area contributed by atoms with E-state index in [-0.39, 0.29) is 28.7 Å². The molecule has 0 radical (unpaired) electrons. The number of methoxy groups -OCH3 is 1. The van der Waals surface area contributed by atoms with Crippen LogP contribution in [0.15, 0.2) is 48.5 Å². The van der Waals surface area contributed by atoms with Crippen LogP contribution in [0.1, 0.15) is 15.9 Å². The molecule has 9 nitrogen and oxygen atoms in total. The van der Waals surface area contributed by atoms with Gasteiger partial charge in [0.15, 0.2) is 5.11 Å². The Morgan fingerprint density at radius 1 is 1.15 bits per heavy atom. The molecule has 0 bridgehead atoms. The van der Waals surface area contributed by atoms with E-state index < -0.39 is 10.8 Å². The molecule has 2 aromatic rings. The number of ether oxygens (including phenoxy) is 1. The third kappa shape index (κ3) is 6.04. The number of hydrazine groups is 1. The van der Waals surface area contributed by atoms with Gasteiger partial charge in [-0.1, -0.05) is 18.2 Å². The van der Waals surface area contributed by atoms with Gasteiger partial charge in [0.05, 0.1) is 18.5 Å². The SMILES string of the molecule is COc1ccc(CC(=O)NNC(=S)NC(=O)c2cccc([N+](=O)[O-])c2)cc1. The first-order chi connectivity index (χ1) is 12.9. The maximum Gasteiger partial charge on any atom is 0.270 e. The zero-order valence-electron chi connectivity index (χ0n) is 14.2. The Labute approximate surface area is 159 Å². The predicted octanol–water partition coefficient (Wildman–Crippen LogP) is 1.48. The summed E-state index contributed by atoms with van der Waals surface area (Å²) >= 11 is 4.92. The molecular formula is C17H16N4O5S. The summed E-state index contributed by atoms with van der Waals surface area (Å²) in [4.78, 5) is 34.1. The average molecular weight is 388 g/mol. The van der Waals surface area contributed by atoms with Crippen molar-refractivity contribution in [2.45, 2.75) is 6.42 Å². The molecule has 2 amide bonds. The third-order valence-electron chi connectivity index (χ3n) is 3.39. The van der Waals surface area contributed by atoms with E-state index in [1.165, 1.54) is 18.2 Å². The molecule has 0 aliphatic heterocycles. The minimum atomic E-state index is -0.638. The third-order valence-corrected chi connectivity index (χ3v) is 3.59. The second-order valence-electron chi connectivity index (χ2n) is 5.29. The summed E-state index contributed by atoms with van der Waals surface area (Å²) in [7, 11) is 1.55. The molecule has 0 unspecified atom stereocenters. The number of non-ortho nitro benzene ring substituents is 1. The van der Waals surface area contributed by atoms with Gasteiger partial charge in [0.1, 0.15) is 5.75 Å². The summed E-state index contributed by atoms with van der Waals surface area (Å²) in [6, 6.07) is 12.2. The molecule has 0 saturated carbocycles. The highest BCUT2D eigenvalue weighted by molar-refractivity contribution is 7.80. The highest BCUT2D eigenvalue weighted by Gasteiger charge is 2.13. The van der Waals surface area contributed by atoms with Crippen LogP contribution < -0.4 is 20.9 Å². The van der Waals surface area contributed by atoms with Gasteiger partial charge in [-0.05, 0) is 36.0 Å². The lowest BCUT2D eigenvalue weighted by molar-refractivity contribution is -0.384. The van der Waals surface area contributed by atoms with Crippen molar-refractivity contribution in [3.8, 4) is 5.75 Å². The number of hydrogen-bond donors (Lipinski definition) is 3. The molecule has 2 rings (SSSR count). The normalized spacial score (nSPS) is 9.81. The highest BCUT2D eigenvalue weighted by atomic mass is 32.1. The molecule has 0 aromatic heterocycles. The number of thiocarbonyl (C=S) groups is 1. The second kappa shape index (κ2) is 9.25. The van der Waals surface area contributed by atoms with Gasteiger partial charge in [0.25, 0.3) is 11.6 Å². The molecule has 0 aliphatic rings. The van der Waals surface area contributed by atoms with E-state index in [4.69, 9.17) is 17.0 Å². The largest absolute Gasteiger partial charge is 0.497 e. The van der Waals surface area contributed by atoms with Gasteiger partial charge in [-0.3, -0.25) is 35.9 Å². The average Bonchev–Trinajstić information content (AvgIpc) is 2.67. The fourth-order valence-electron chi connectivity index (χ4n) is 2.07. The quantitative estimate of drug-likeness (QED) is 0.403. The van der Waals surface area contributed by atoms with Gasteiger partial charge < -0.3 is 4.74 Å². The number of nitrogens with one attached hydrogen (secondary N) is 3. The lowest BCUT2D eigenvalue weighted by Gasteiger charge is -2.11. The van der Waals surface area contributed by atoms with Crippen LogP contribution in [0.3, 0.4) is 0 Å². The number of hydrogen-bond acceptors (Lipinski definition) is 6. The Morgan fingerprint density at radius 3 is 2.48 bits per heavy atom. The molecule has 3 N–H and O–H groups in total. The van der Waals surface area contributed by atoms with E-state index in [1.54, 1.807) is 31.4 Å². The smallest absolute Gasteiger partial charge is 0.270 e. The topological polar surface area (TPSA) is 123 Å². The van der Waals surface area contributed by atoms with Gasteiger partial charge in [-0.15, -0.1) is 0 Å². The Bertz CT molecular complexity index is 870. The van der Waals surface area contributed by atoms with Crippen LogP contribution in [0.5, 0.6) is 5.75 Å². The van der Waals surface area contributed by atoms with Crippen LogP contribution >= 0.6 is 12.2 Å². The molecule has 0 atom stereocenters. The van der Waals surface area contributed by atoms with Crippen molar-refractivity contribution in [3.05, 3.63) is 69.8 Å². The van der Waals surface area contributed by atoms with Crippen LogP contribution in [-0.2, 0) is 11.2 Å². The standard InChI is InChI=1S/C17H16N4O5S/c1-26-14-7-5-11(6-8-14)9-15(22)19-20-17(27)18-16(23)12-3-2-4-13(10-12)21(24)25/h2-8,10H,9H2,1H3,(H,19,22)(H2,18,20,23,27). The lowest BCUT2D eigenvalue weighted by atomic mass is 10.1. The highest BCUT2D eigenvalue weighted by Crippen LogP contribution is 2.13. The first kappa shape index (κ1) is 19.8. The van der Waals surface area contributed by atoms with Gasteiger partial charge in [0, 0.05) is 17.7 Å². The number of benzene rings is 2. The van der Waals surface area contributed by atoms with Crippen LogP contribution in [0.4, 0.5) is 5.69 Å². The molecule has 0 heterocycles. The maximum absolute atomic E-state index is 12.0. The fourth-order valence-corrected chi connectivity index (χ4v) is 2.21. The zero-order valence-corrected chi connectivity index (χ0v) is 15.0. The van der Waals surface area contributed by atoms with Crippen molar-refractivity contribution in [3.63, 3.8) is 0 Å². The number of nitro benzene ring substituents is 1. The Kier molecular flexibility index (Phi) is 6.78.